The topological polar surface area (TPSA) is 47.4 Å². The van der Waals surface area contributed by atoms with Crippen molar-refractivity contribution in [3.8, 4) is 0 Å². The Hall–Kier alpha value is -1.36. The lowest BCUT2D eigenvalue weighted by Gasteiger charge is -2.27. The number of amides is 1. The minimum absolute atomic E-state index is 0.0863. The summed E-state index contributed by atoms with van der Waals surface area (Å²) in [7, 11) is 0. The number of carbonyl (C=O) groups excluding carboxylic acids is 1. The minimum atomic E-state index is 0.0863. The van der Waals surface area contributed by atoms with Crippen LogP contribution in [0.5, 0.6) is 0 Å². The first-order valence-corrected chi connectivity index (χ1v) is 6.70. The third-order valence-corrected chi connectivity index (χ3v) is 3.90. The van der Waals surface area contributed by atoms with Gasteiger partial charge in [0.15, 0.2) is 0 Å². The van der Waals surface area contributed by atoms with Gasteiger partial charge >= 0.3 is 0 Å². The molecular formula is C13H19N3O2. The molecule has 2 saturated heterocycles. The van der Waals surface area contributed by atoms with Crippen molar-refractivity contribution >= 4 is 5.91 Å². The largest absolute Gasteiger partial charge is 0.381 e. The lowest BCUT2D eigenvalue weighted by molar-refractivity contribution is -0.136. The van der Waals surface area contributed by atoms with Crippen LogP contribution in [0.4, 0.5) is 0 Å². The van der Waals surface area contributed by atoms with Gasteiger partial charge in [-0.2, -0.15) is 5.10 Å². The van der Waals surface area contributed by atoms with Gasteiger partial charge in [0, 0.05) is 25.5 Å². The van der Waals surface area contributed by atoms with Crippen molar-refractivity contribution in [3.05, 3.63) is 18.5 Å². The Morgan fingerprint density at radius 2 is 2.39 bits per heavy atom. The fourth-order valence-corrected chi connectivity index (χ4v) is 2.90. The molecule has 0 radical (unpaired) electrons. The zero-order chi connectivity index (χ0) is 12.4. The first-order chi connectivity index (χ1) is 8.84. The van der Waals surface area contributed by atoms with Crippen LogP contribution in [0.15, 0.2) is 18.5 Å². The van der Waals surface area contributed by atoms with Crippen molar-refractivity contribution in [2.75, 3.05) is 19.8 Å². The van der Waals surface area contributed by atoms with Crippen molar-refractivity contribution in [1.29, 1.82) is 0 Å². The summed E-state index contributed by atoms with van der Waals surface area (Å²) in [4.78, 5) is 14.4. The molecule has 0 spiro atoms. The van der Waals surface area contributed by atoms with Crippen LogP contribution in [-0.2, 0) is 16.1 Å². The monoisotopic (exact) mass is 249 g/mol. The highest BCUT2D eigenvalue weighted by Gasteiger charge is 2.34. The molecule has 18 heavy (non-hydrogen) atoms. The maximum atomic E-state index is 12.4. The summed E-state index contributed by atoms with van der Waals surface area (Å²) in [5.41, 5.74) is 0. The average Bonchev–Trinajstić information content (AvgIpc) is 3.12. The lowest BCUT2D eigenvalue weighted by atomic mass is 10.1. The second-order valence-electron chi connectivity index (χ2n) is 5.12. The Balaban J connectivity index is 1.65. The molecular weight excluding hydrogens is 230 g/mol. The molecule has 0 aromatic carbocycles. The highest BCUT2D eigenvalue weighted by molar-refractivity contribution is 5.79. The van der Waals surface area contributed by atoms with Crippen LogP contribution in [0.1, 0.15) is 19.3 Å². The summed E-state index contributed by atoms with van der Waals surface area (Å²) in [6.45, 7) is 3.03. The average molecular weight is 249 g/mol. The summed E-state index contributed by atoms with van der Waals surface area (Å²) in [5, 5.41) is 4.23. The Kier molecular flexibility index (Phi) is 3.32. The molecule has 0 N–H and O–H groups in total. The molecule has 2 aliphatic heterocycles. The molecule has 2 fully saturated rings. The van der Waals surface area contributed by atoms with E-state index in [0.29, 0.717) is 12.6 Å². The van der Waals surface area contributed by atoms with Crippen LogP contribution >= 0.6 is 0 Å². The van der Waals surface area contributed by atoms with Gasteiger partial charge in [0.1, 0.15) is 0 Å². The van der Waals surface area contributed by atoms with Gasteiger partial charge in [0.05, 0.1) is 25.1 Å². The molecule has 2 aliphatic rings. The molecule has 1 aromatic heterocycles. The Labute approximate surface area is 107 Å². The van der Waals surface area contributed by atoms with Gasteiger partial charge in [0.25, 0.3) is 0 Å². The van der Waals surface area contributed by atoms with E-state index < -0.39 is 0 Å². The molecule has 1 aromatic rings. The fraction of sp³-hybridized carbons (Fsp3) is 0.692. The zero-order valence-corrected chi connectivity index (χ0v) is 10.5. The Morgan fingerprint density at radius 3 is 3.11 bits per heavy atom. The van der Waals surface area contributed by atoms with Crippen LogP contribution in [0, 0.1) is 5.92 Å². The Morgan fingerprint density at radius 1 is 1.44 bits per heavy atom. The van der Waals surface area contributed by atoms with E-state index in [2.05, 4.69) is 5.10 Å². The molecule has 1 amide bonds. The molecule has 5 heteroatoms. The third-order valence-electron chi connectivity index (χ3n) is 3.90. The molecule has 0 unspecified atom stereocenters. The number of aromatic nitrogens is 2. The summed E-state index contributed by atoms with van der Waals surface area (Å²) in [6, 6.07) is 2.23. The second-order valence-corrected chi connectivity index (χ2v) is 5.12. The molecule has 5 nitrogen and oxygen atoms in total. The normalized spacial score (nSPS) is 27.9. The number of hydrogen-bond donors (Lipinski definition) is 0. The number of carbonyl (C=O) groups is 1. The number of nitrogens with zero attached hydrogens (tertiary/aromatic N) is 3. The van der Waals surface area contributed by atoms with Gasteiger partial charge < -0.3 is 9.64 Å². The summed E-state index contributed by atoms with van der Waals surface area (Å²) in [6.07, 6.45) is 6.81. The molecule has 3 heterocycles. The van der Waals surface area contributed by atoms with Crippen LogP contribution in [-0.4, -0.2) is 46.4 Å². The molecule has 3 rings (SSSR count). The minimum Gasteiger partial charge on any atom is -0.381 e. The van der Waals surface area contributed by atoms with Crippen LogP contribution < -0.4 is 0 Å². The first-order valence-electron chi connectivity index (χ1n) is 6.70. The Bertz CT molecular complexity index is 398. The zero-order valence-electron chi connectivity index (χ0n) is 10.5. The van der Waals surface area contributed by atoms with E-state index in [9.17, 15) is 4.79 Å². The molecule has 98 valence electrons. The quantitative estimate of drug-likeness (QED) is 0.800. The van der Waals surface area contributed by atoms with Crippen molar-refractivity contribution in [1.82, 2.24) is 14.7 Å². The molecule has 0 saturated carbocycles. The van der Waals surface area contributed by atoms with E-state index in [1.807, 2.05) is 21.8 Å². The van der Waals surface area contributed by atoms with Gasteiger partial charge in [-0.3, -0.25) is 9.48 Å². The molecule has 2 atom stereocenters. The summed E-state index contributed by atoms with van der Waals surface area (Å²) >= 11 is 0. The van der Waals surface area contributed by atoms with Crippen LogP contribution in [0.2, 0.25) is 0 Å². The highest BCUT2D eigenvalue weighted by Crippen LogP contribution is 2.24. The van der Waals surface area contributed by atoms with E-state index in [-0.39, 0.29) is 11.8 Å². The predicted octanol–water partition coefficient (Wildman–Crippen LogP) is 0.911. The standard InChI is InChI=1S/C13H19N3O2/c17-13(11-4-8-18-10-11)16-7-1-3-12(16)9-15-6-2-5-14-15/h2,5-6,11-12H,1,3-4,7-10H2/t11-,12+/m1/s1. The maximum Gasteiger partial charge on any atom is 0.228 e. The summed E-state index contributed by atoms with van der Waals surface area (Å²) in [5.74, 6) is 0.366. The second kappa shape index (κ2) is 5.10. The van der Waals surface area contributed by atoms with E-state index in [4.69, 9.17) is 4.74 Å². The maximum absolute atomic E-state index is 12.4. The highest BCUT2D eigenvalue weighted by atomic mass is 16.5. The lowest BCUT2D eigenvalue weighted by Crippen LogP contribution is -2.41. The number of ether oxygens (including phenoxy) is 1. The van der Waals surface area contributed by atoms with Crippen molar-refractivity contribution < 1.29 is 9.53 Å². The van der Waals surface area contributed by atoms with E-state index in [0.717, 1.165) is 39.0 Å². The first kappa shape index (κ1) is 11.7. The van der Waals surface area contributed by atoms with E-state index in [1.54, 1.807) is 6.20 Å². The van der Waals surface area contributed by atoms with Gasteiger partial charge in [-0.05, 0) is 25.3 Å². The van der Waals surface area contributed by atoms with Crippen molar-refractivity contribution in [2.45, 2.75) is 31.8 Å². The van der Waals surface area contributed by atoms with Crippen LogP contribution in [0.3, 0.4) is 0 Å². The van der Waals surface area contributed by atoms with Crippen molar-refractivity contribution in [3.63, 3.8) is 0 Å². The summed E-state index contributed by atoms with van der Waals surface area (Å²) < 4.78 is 7.23. The predicted molar refractivity (Wildman–Crippen MR) is 65.9 cm³/mol. The smallest absolute Gasteiger partial charge is 0.228 e. The van der Waals surface area contributed by atoms with Gasteiger partial charge in [-0.25, -0.2) is 0 Å². The number of rotatable bonds is 3. The van der Waals surface area contributed by atoms with E-state index >= 15 is 0 Å². The van der Waals surface area contributed by atoms with Gasteiger partial charge in [0.2, 0.25) is 5.91 Å². The third kappa shape index (κ3) is 2.27. The van der Waals surface area contributed by atoms with Crippen LogP contribution in [0.25, 0.3) is 0 Å². The van der Waals surface area contributed by atoms with E-state index in [1.165, 1.54) is 0 Å². The van der Waals surface area contributed by atoms with Gasteiger partial charge in [-0.15, -0.1) is 0 Å². The molecule has 0 aliphatic carbocycles. The molecule has 0 bridgehead atoms. The van der Waals surface area contributed by atoms with Crippen molar-refractivity contribution in [2.24, 2.45) is 5.92 Å². The SMILES string of the molecule is O=C([C@@H]1CCOC1)N1CCC[C@H]1Cn1cccn1. The number of hydrogen-bond acceptors (Lipinski definition) is 3. The number of likely N-dealkylation sites (tertiary alicyclic amines) is 1. The van der Waals surface area contributed by atoms with Gasteiger partial charge in [-0.1, -0.05) is 0 Å². The fourth-order valence-electron chi connectivity index (χ4n) is 2.90.